The van der Waals surface area contributed by atoms with E-state index in [9.17, 15) is 4.79 Å². The van der Waals surface area contributed by atoms with E-state index in [1.54, 1.807) is 10.9 Å². The Morgan fingerprint density at radius 2 is 1.79 bits per heavy atom. The molecule has 28 heavy (non-hydrogen) atoms. The summed E-state index contributed by atoms with van der Waals surface area (Å²) in [5, 5.41) is 14.9. The van der Waals surface area contributed by atoms with E-state index in [-0.39, 0.29) is 5.91 Å². The number of rotatable bonds is 6. The van der Waals surface area contributed by atoms with Crippen molar-refractivity contribution in [1.29, 1.82) is 0 Å². The smallest absolute Gasteiger partial charge is 0.247 e. The van der Waals surface area contributed by atoms with Gasteiger partial charge in [0.05, 0.1) is 5.69 Å². The van der Waals surface area contributed by atoms with E-state index in [2.05, 4.69) is 30.7 Å². The highest BCUT2D eigenvalue weighted by Crippen LogP contribution is 2.14. The van der Waals surface area contributed by atoms with Gasteiger partial charge >= 0.3 is 0 Å². The summed E-state index contributed by atoms with van der Waals surface area (Å²) in [5.74, 6) is 1.62. The van der Waals surface area contributed by atoms with Gasteiger partial charge in [0.15, 0.2) is 0 Å². The summed E-state index contributed by atoms with van der Waals surface area (Å²) < 4.78 is 1.62. The molecule has 0 saturated carbocycles. The number of pyridine rings is 1. The third-order valence-corrected chi connectivity index (χ3v) is 4.70. The molecule has 9 nitrogen and oxygen atoms in total. The van der Waals surface area contributed by atoms with E-state index in [1.807, 2.05) is 53.4 Å². The fourth-order valence-corrected chi connectivity index (χ4v) is 3.21. The number of aromatic nitrogens is 5. The van der Waals surface area contributed by atoms with Gasteiger partial charge in [-0.1, -0.05) is 29.4 Å². The lowest BCUT2D eigenvalue weighted by Crippen LogP contribution is -2.49. The van der Waals surface area contributed by atoms with Crippen LogP contribution >= 0.6 is 0 Å². The summed E-state index contributed by atoms with van der Waals surface area (Å²) >= 11 is 0. The minimum Gasteiger partial charge on any atom is -0.353 e. The van der Waals surface area contributed by atoms with E-state index in [4.69, 9.17) is 0 Å². The zero-order valence-corrected chi connectivity index (χ0v) is 15.5. The van der Waals surface area contributed by atoms with Crippen LogP contribution in [0.25, 0.3) is 5.69 Å². The van der Waals surface area contributed by atoms with Crippen molar-refractivity contribution in [1.82, 2.24) is 30.1 Å². The van der Waals surface area contributed by atoms with Crippen LogP contribution in [-0.2, 0) is 4.79 Å². The Morgan fingerprint density at radius 3 is 2.54 bits per heavy atom. The molecule has 1 saturated heterocycles. The molecule has 9 heteroatoms. The Balaban J connectivity index is 1.26. The third-order valence-electron chi connectivity index (χ3n) is 4.70. The maximum atomic E-state index is 12.5. The average Bonchev–Trinajstić information content (AvgIpc) is 3.23. The van der Waals surface area contributed by atoms with Crippen LogP contribution in [0.15, 0.2) is 54.7 Å². The maximum Gasteiger partial charge on any atom is 0.247 e. The number of anilines is 2. The number of nitrogens with one attached hydrogen (secondary N) is 1. The largest absolute Gasteiger partial charge is 0.353 e. The molecule has 144 valence electrons. The first kappa shape index (κ1) is 17.9. The van der Waals surface area contributed by atoms with Crippen LogP contribution in [-0.4, -0.2) is 68.7 Å². The Bertz CT molecular complexity index is 891. The van der Waals surface area contributed by atoms with Gasteiger partial charge in [-0.15, -0.1) is 0 Å². The lowest BCUT2D eigenvalue weighted by Gasteiger charge is -2.35. The molecule has 0 unspecified atom stereocenters. The highest BCUT2D eigenvalue weighted by molar-refractivity contribution is 5.77. The molecular weight excluding hydrogens is 356 g/mol. The average molecular weight is 378 g/mol. The van der Waals surface area contributed by atoms with Crippen LogP contribution in [0, 0.1) is 0 Å². The Hall–Kier alpha value is -3.49. The molecule has 1 amide bonds. The lowest BCUT2D eigenvalue weighted by atomic mass is 10.2. The van der Waals surface area contributed by atoms with Gasteiger partial charge in [0, 0.05) is 45.3 Å². The SMILES string of the molecule is O=C(CCNc1nnnn1-c1ccccc1)N1CCN(c2ccccn2)CC1. The first-order valence-electron chi connectivity index (χ1n) is 9.33. The number of piperazine rings is 1. The zero-order chi connectivity index (χ0) is 19.2. The number of carbonyl (C=O) groups is 1. The lowest BCUT2D eigenvalue weighted by molar-refractivity contribution is -0.131. The molecule has 1 aliphatic heterocycles. The number of hydrogen-bond donors (Lipinski definition) is 1. The highest BCUT2D eigenvalue weighted by atomic mass is 16.2. The number of benzene rings is 1. The second-order valence-corrected chi connectivity index (χ2v) is 6.48. The number of tetrazole rings is 1. The molecule has 3 aromatic rings. The van der Waals surface area contributed by atoms with Crippen molar-refractivity contribution in [2.75, 3.05) is 42.9 Å². The van der Waals surface area contributed by atoms with Gasteiger partial charge in [-0.2, -0.15) is 4.68 Å². The van der Waals surface area contributed by atoms with Crippen molar-refractivity contribution >= 4 is 17.7 Å². The van der Waals surface area contributed by atoms with E-state index in [1.165, 1.54) is 0 Å². The Kier molecular flexibility index (Phi) is 5.41. The highest BCUT2D eigenvalue weighted by Gasteiger charge is 2.21. The van der Waals surface area contributed by atoms with Gasteiger partial charge < -0.3 is 15.1 Å². The first-order valence-corrected chi connectivity index (χ1v) is 9.33. The fourth-order valence-electron chi connectivity index (χ4n) is 3.21. The molecule has 1 aromatic carbocycles. The molecule has 4 rings (SSSR count). The van der Waals surface area contributed by atoms with Gasteiger partial charge in [-0.25, -0.2) is 4.98 Å². The van der Waals surface area contributed by atoms with E-state index >= 15 is 0 Å². The molecule has 0 bridgehead atoms. The minimum absolute atomic E-state index is 0.131. The fraction of sp³-hybridized carbons (Fsp3) is 0.316. The van der Waals surface area contributed by atoms with Crippen LogP contribution < -0.4 is 10.2 Å². The zero-order valence-electron chi connectivity index (χ0n) is 15.5. The molecule has 1 N–H and O–H groups in total. The summed E-state index contributed by atoms with van der Waals surface area (Å²) in [4.78, 5) is 21.0. The summed E-state index contributed by atoms with van der Waals surface area (Å²) in [6, 6.07) is 15.5. The summed E-state index contributed by atoms with van der Waals surface area (Å²) in [7, 11) is 0. The quantitative estimate of drug-likeness (QED) is 0.689. The predicted molar refractivity (Wildman–Crippen MR) is 105 cm³/mol. The second-order valence-electron chi connectivity index (χ2n) is 6.48. The van der Waals surface area contributed by atoms with Crippen molar-refractivity contribution in [2.24, 2.45) is 0 Å². The van der Waals surface area contributed by atoms with Crippen molar-refractivity contribution in [3.05, 3.63) is 54.7 Å². The van der Waals surface area contributed by atoms with E-state index in [0.29, 0.717) is 32.0 Å². The predicted octanol–water partition coefficient (Wildman–Crippen LogP) is 1.21. The Labute approximate surface area is 163 Å². The summed E-state index contributed by atoms with van der Waals surface area (Å²) in [6.45, 7) is 3.48. The molecule has 0 spiro atoms. The van der Waals surface area contributed by atoms with Gasteiger partial charge in [-0.05, 0) is 34.7 Å². The van der Waals surface area contributed by atoms with Crippen LogP contribution in [0.1, 0.15) is 6.42 Å². The van der Waals surface area contributed by atoms with Gasteiger partial charge in [-0.3, -0.25) is 4.79 Å². The monoisotopic (exact) mass is 378 g/mol. The molecule has 1 aliphatic rings. The summed E-state index contributed by atoms with van der Waals surface area (Å²) in [5.41, 5.74) is 0.868. The number of hydrogen-bond acceptors (Lipinski definition) is 7. The molecule has 0 aliphatic carbocycles. The maximum absolute atomic E-state index is 12.5. The Morgan fingerprint density at radius 1 is 1.00 bits per heavy atom. The normalized spacial score (nSPS) is 14.1. The number of nitrogens with zero attached hydrogens (tertiary/aromatic N) is 7. The van der Waals surface area contributed by atoms with Gasteiger partial charge in [0.1, 0.15) is 5.82 Å². The van der Waals surface area contributed by atoms with Crippen LogP contribution in [0.3, 0.4) is 0 Å². The molecule has 0 radical (unpaired) electrons. The van der Waals surface area contributed by atoms with Gasteiger partial charge in [0.2, 0.25) is 11.9 Å². The van der Waals surface area contributed by atoms with Crippen molar-refractivity contribution < 1.29 is 4.79 Å². The van der Waals surface area contributed by atoms with Crippen molar-refractivity contribution in [3.8, 4) is 5.69 Å². The minimum atomic E-state index is 0.131. The standard InChI is InChI=1S/C19H22N8O/c28-18(26-14-12-25(13-15-26)17-8-4-5-10-20-17)9-11-21-19-22-23-24-27(19)16-6-2-1-3-7-16/h1-8,10H,9,11-15H2,(H,21,22,24). The molecular formula is C19H22N8O. The summed E-state index contributed by atoms with van der Waals surface area (Å²) in [6.07, 6.45) is 2.19. The number of carbonyl (C=O) groups excluding carboxylic acids is 1. The van der Waals surface area contributed by atoms with Crippen LogP contribution in [0.2, 0.25) is 0 Å². The van der Waals surface area contributed by atoms with Gasteiger partial charge in [0.25, 0.3) is 0 Å². The van der Waals surface area contributed by atoms with E-state index in [0.717, 1.165) is 24.6 Å². The van der Waals surface area contributed by atoms with E-state index < -0.39 is 0 Å². The van der Waals surface area contributed by atoms with Crippen molar-refractivity contribution in [3.63, 3.8) is 0 Å². The van der Waals surface area contributed by atoms with Crippen molar-refractivity contribution in [2.45, 2.75) is 6.42 Å². The molecule has 0 atom stereocenters. The van der Waals surface area contributed by atoms with Crippen LogP contribution in [0.4, 0.5) is 11.8 Å². The second kappa shape index (κ2) is 8.47. The first-order chi connectivity index (χ1) is 13.8. The molecule has 2 aromatic heterocycles. The topological polar surface area (TPSA) is 92.1 Å². The molecule has 3 heterocycles. The third kappa shape index (κ3) is 4.08. The number of para-hydroxylation sites is 1. The molecule has 1 fully saturated rings. The van der Waals surface area contributed by atoms with Crippen LogP contribution in [0.5, 0.6) is 0 Å². The number of amides is 1.